The summed E-state index contributed by atoms with van der Waals surface area (Å²) in [5.41, 5.74) is 0.195. The van der Waals surface area contributed by atoms with E-state index in [2.05, 4.69) is 11.7 Å². The molecule has 0 fully saturated rings. The number of methoxy groups -OCH3 is 1. The second kappa shape index (κ2) is 7.21. The van der Waals surface area contributed by atoms with Gasteiger partial charge in [0, 0.05) is 6.42 Å². The van der Waals surface area contributed by atoms with Crippen molar-refractivity contribution in [3.05, 3.63) is 11.6 Å². The third-order valence-electron chi connectivity index (χ3n) is 2.22. The molecule has 15 heavy (non-hydrogen) atoms. The van der Waals surface area contributed by atoms with Crippen molar-refractivity contribution in [3.63, 3.8) is 0 Å². The monoisotopic (exact) mass is 212 g/mol. The lowest BCUT2D eigenvalue weighted by Crippen LogP contribution is -2.15. The third-order valence-corrected chi connectivity index (χ3v) is 2.22. The molecule has 0 aromatic carbocycles. The highest BCUT2D eigenvalue weighted by Gasteiger charge is 2.17. The molecule has 0 aliphatic rings. The van der Waals surface area contributed by atoms with Crippen LogP contribution in [0, 0.1) is 5.92 Å². The number of rotatable bonds is 6. The lowest BCUT2D eigenvalue weighted by Gasteiger charge is -2.07. The Morgan fingerprint density at radius 1 is 1.33 bits per heavy atom. The number of carbonyl (C=O) groups is 2. The van der Waals surface area contributed by atoms with Gasteiger partial charge in [0.15, 0.2) is 5.78 Å². The first-order chi connectivity index (χ1) is 7.06. The normalized spacial score (nSPS) is 13.5. The van der Waals surface area contributed by atoms with Crippen LogP contribution in [0.4, 0.5) is 0 Å². The first kappa shape index (κ1) is 13.9. The molecule has 0 heterocycles. The summed E-state index contributed by atoms with van der Waals surface area (Å²) in [4.78, 5) is 22.8. The van der Waals surface area contributed by atoms with Crippen molar-refractivity contribution in [2.75, 3.05) is 7.11 Å². The molecule has 0 saturated carbocycles. The summed E-state index contributed by atoms with van der Waals surface area (Å²) in [5.74, 6) is -0.436. The van der Waals surface area contributed by atoms with Crippen LogP contribution in [-0.4, -0.2) is 18.9 Å². The Labute approximate surface area is 91.5 Å². The second-order valence-corrected chi connectivity index (χ2v) is 3.61. The molecule has 0 aromatic heterocycles. The summed E-state index contributed by atoms with van der Waals surface area (Å²) in [6.07, 6.45) is 4.06. The Morgan fingerprint density at radius 2 is 1.93 bits per heavy atom. The minimum absolute atomic E-state index is 0.148. The highest BCUT2D eigenvalue weighted by molar-refractivity contribution is 6.17. The molecule has 86 valence electrons. The third kappa shape index (κ3) is 4.77. The van der Waals surface area contributed by atoms with Gasteiger partial charge in [-0.3, -0.25) is 4.79 Å². The molecule has 0 rings (SSSR count). The molecule has 0 saturated heterocycles. The summed E-state index contributed by atoms with van der Waals surface area (Å²) in [7, 11) is 1.30. The summed E-state index contributed by atoms with van der Waals surface area (Å²) in [6, 6.07) is 0. The van der Waals surface area contributed by atoms with Gasteiger partial charge < -0.3 is 4.74 Å². The number of esters is 1. The predicted octanol–water partition coefficient (Wildman–Crippen LogP) is 2.50. The van der Waals surface area contributed by atoms with Crippen molar-refractivity contribution in [1.29, 1.82) is 0 Å². The predicted molar refractivity (Wildman–Crippen MR) is 59.5 cm³/mol. The number of ketones is 1. The molecular formula is C12H20O3. The zero-order chi connectivity index (χ0) is 11.8. The van der Waals surface area contributed by atoms with Crippen molar-refractivity contribution in [2.45, 2.75) is 40.0 Å². The number of hydrogen-bond acceptors (Lipinski definition) is 3. The minimum Gasteiger partial charge on any atom is -0.465 e. The molecule has 3 nitrogen and oxygen atoms in total. The van der Waals surface area contributed by atoms with Crippen molar-refractivity contribution >= 4 is 11.8 Å². The number of ether oxygens (including phenoxy) is 1. The van der Waals surface area contributed by atoms with E-state index in [0.29, 0.717) is 6.42 Å². The summed E-state index contributed by atoms with van der Waals surface area (Å²) >= 11 is 0. The van der Waals surface area contributed by atoms with Crippen LogP contribution in [0.25, 0.3) is 0 Å². The van der Waals surface area contributed by atoms with Gasteiger partial charge in [0.25, 0.3) is 0 Å². The number of hydrogen-bond donors (Lipinski definition) is 0. The Hall–Kier alpha value is -1.12. The molecular weight excluding hydrogens is 192 g/mol. The van der Waals surface area contributed by atoms with Gasteiger partial charge in [-0.1, -0.05) is 33.3 Å². The summed E-state index contributed by atoms with van der Waals surface area (Å²) in [5, 5.41) is 0. The number of allylic oxidation sites excluding steroid dienone is 1. The topological polar surface area (TPSA) is 43.4 Å². The van der Waals surface area contributed by atoms with E-state index < -0.39 is 5.97 Å². The number of carbonyl (C=O) groups excluding carboxylic acids is 2. The van der Waals surface area contributed by atoms with Gasteiger partial charge in [0.05, 0.1) is 12.7 Å². The fourth-order valence-corrected chi connectivity index (χ4v) is 1.40. The fraction of sp³-hybridized carbons (Fsp3) is 0.667. The van der Waals surface area contributed by atoms with Crippen LogP contribution in [0.15, 0.2) is 11.6 Å². The molecule has 0 bridgehead atoms. The molecule has 3 heteroatoms. The highest BCUT2D eigenvalue weighted by Crippen LogP contribution is 2.12. The van der Waals surface area contributed by atoms with E-state index in [1.165, 1.54) is 7.11 Å². The molecule has 0 aliphatic heterocycles. The Bertz CT molecular complexity index is 236. The minimum atomic E-state index is -0.523. The molecule has 0 aliphatic carbocycles. The van der Waals surface area contributed by atoms with Crippen molar-refractivity contribution in [1.82, 2.24) is 0 Å². The largest absolute Gasteiger partial charge is 0.465 e. The van der Waals surface area contributed by atoms with E-state index in [4.69, 9.17) is 0 Å². The molecule has 0 spiro atoms. The van der Waals surface area contributed by atoms with E-state index in [9.17, 15) is 9.59 Å². The highest BCUT2D eigenvalue weighted by atomic mass is 16.5. The zero-order valence-electron chi connectivity index (χ0n) is 10.0. The van der Waals surface area contributed by atoms with Gasteiger partial charge >= 0.3 is 5.97 Å². The molecule has 0 aromatic rings. The van der Waals surface area contributed by atoms with Gasteiger partial charge in [-0.05, 0) is 12.3 Å². The van der Waals surface area contributed by atoms with Crippen LogP contribution in [0.5, 0.6) is 0 Å². The van der Waals surface area contributed by atoms with E-state index in [0.717, 1.165) is 12.8 Å². The van der Waals surface area contributed by atoms with Crippen LogP contribution in [0.3, 0.4) is 0 Å². The first-order valence-corrected chi connectivity index (χ1v) is 5.40. The maximum absolute atomic E-state index is 11.5. The van der Waals surface area contributed by atoms with Gasteiger partial charge in [0.1, 0.15) is 0 Å². The van der Waals surface area contributed by atoms with Crippen LogP contribution in [0.1, 0.15) is 40.0 Å². The Balaban J connectivity index is 4.76. The Kier molecular flexibility index (Phi) is 6.67. The average Bonchev–Trinajstić information content (AvgIpc) is 2.24. The van der Waals surface area contributed by atoms with Crippen molar-refractivity contribution in [2.24, 2.45) is 5.92 Å². The van der Waals surface area contributed by atoms with Crippen LogP contribution in [-0.2, 0) is 14.3 Å². The van der Waals surface area contributed by atoms with E-state index in [1.54, 1.807) is 13.0 Å². The average molecular weight is 212 g/mol. The molecule has 0 amide bonds. The zero-order valence-corrected chi connectivity index (χ0v) is 10.0. The van der Waals surface area contributed by atoms with Crippen LogP contribution < -0.4 is 0 Å². The summed E-state index contributed by atoms with van der Waals surface area (Å²) in [6.45, 7) is 5.81. The molecule has 0 N–H and O–H groups in total. The smallest absolute Gasteiger partial charge is 0.341 e. The van der Waals surface area contributed by atoms with Crippen LogP contribution in [0.2, 0.25) is 0 Å². The lowest BCUT2D eigenvalue weighted by atomic mass is 9.99. The fourth-order valence-electron chi connectivity index (χ4n) is 1.40. The van der Waals surface area contributed by atoms with Crippen LogP contribution >= 0.6 is 0 Å². The second-order valence-electron chi connectivity index (χ2n) is 3.61. The first-order valence-electron chi connectivity index (χ1n) is 5.40. The standard InChI is InChI=1S/C12H20O3/c1-5-7-9(3)8-10(11(13)6-2)12(14)15-4/h8-9H,5-7H2,1-4H3. The Morgan fingerprint density at radius 3 is 2.33 bits per heavy atom. The van der Waals surface area contributed by atoms with Crippen molar-refractivity contribution < 1.29 is 14.3 Å². The SMILES string of the molecule is CCCC(C)C=C(C(=O)CC)C(=O)OC. The van der Waals surface area contributed by atoms with E-state index in [1.807, 2.05) is 6.92 Å². The van der Waals surface area contributed by atoms with E-state index in [-0.39, 0.29) is 17.3 Å². The quantitative estimate of drug-likeness (QED) is 0.294. The van der Waals surface area contributed by atoms with Gasteiger partial charge in [-0.15, -0.1) is 0 Å². The van der Waals surface area contributed by atoms with Gasteiger partial charge in [0.2, 0.25) is 0 Å². The number of Topliss-reactive ketones (excluding diaryl/α,β-unsaturated/α-hetero) is 1. The van der Waals surface area contributed by atoms with Crippen molar-refractivity contribution in [3.8, 4) is 0 Å². The maximum atomic E-state index is 11.5. The molecule has 1 atom stereocenters. The maximum Gasteiger partial charge on any atom is 0.341 e. The van der Waals surface area contributed by atoms with E-state index >= 15 is 0 Å². The molecule has 0 radical (unpaired) electrons. The lowest BCUT2D eigenvalue weighted by molar-refractivity contribution is -0.137. The molecule has 1 unspecified atom stereocenters. The van der Waals surface area contributed by atoms with Gasteiger partial charge in [-0.2, -0.15) is 0 Å². The van der Waals surface area contributed by atoms with Gasteiger partial charge in [-0.25, -0.2) is 4.79 Å². The summed E-state index contributed by atoms with van der Waals surface area (Å²) < 4.78 is 4.59.